The van der Waals surface area contributed by atoms with E-state index in [1.807, 2.05) is 0 Å². The van der Waals surface area contributed by atoms with E-state index in [0.29, 0.717) is 31.2 Å². The molecule has 1 amide bonds. The molecule has 2 aromatic rings. The van der Waals surface area contributed by atoms with Crippen molar-refractivity contribution in [1.82, 2.24) is 19.7 Å². The van der Waals surface area contributed by atoms with E-state index in [0.717, 1.165) is 39.3 Å². The van der Waals surface area contributed by atoms with Gasteiger partial charge in [0, 0.05) is 45.0 Å². The number of carbonyl (C=O) groups is 1. The summed E-state index contributed by atoms with van der Waals surface area (Å²) in [6.45, 7) is 11.4. The molecule has 170 valence electrons. The maximum absolute atomic E-state index is 13.3. The molecule has 8 nitrogen and oxygen atoms in total. The molecule has 0 bridgehead atoms. The lowest BCUT2D eigenvalue weighted by Gasteiger charge is -2.35. The largest absolute Gasteiger partial charge is 0.447 e. The van der Waals surface area contributed by atoms with Crippen molar-refractivity contribution in [2.45, 2.75) is 26.5 Å². The van der Waals surface area contributed by atoms with E-state index in [1.165, 1.54) is 24.5 Å². The third kappa shape index (κ3) is 7.10. The highest BCUT2D eigenvalue weighted by Crippen LogP contribution is 2.13. The minimum absolute atomic E-state index is 0.164. The molecule has 9 heteroatoms. The van der Waals surface area contributed by atoms with E-state index in [9.17, 15) is 14.3 Å². The van der Waals surface area contributed by atoms with Gasteiger partial charge in [0.15, 0.2) is 5.69 Å². The van der Waals surface area contributed by atoms with Gasteiger partial charge in [0.25, 0.3) is 5.91 Å². The molecule has 0 radical (unpaired) electrons. The van der Waals surface area contributed by atoms with E-state index < -0.39 is 11.7 Å². The predicted molar refractivity (Wildman–Crippen MR) is 116 cm³/mol. The van der Waals surface area contributed by atoms with Crippen LogP contribution >= 0.6 is 0 Å². The van der Waals surface area contributed by atoms with Crippen molar-refractivity contribution < 1.29 is 18.7 Å². The summed E-state index contributed by atoms with van der Waals surface area (Å²) in [6, 6.07) is 5.70. The zero-order valence-electron chi connectivity index (χ0n) is 18.3. The van der Waals surface area contributed by atoms with Gasteiger partial charge in [0.1, 0.15) is 12.1 Å². The third-order valence-corrected chi connectivity index (χ3v) is 5.52. The van der Waals surface area contributed by atoms with Crippen LogP contribution in [0.25, 0.3) is 0 Å². The number of piperazine rings is 1. The zero-order valence-corrected chi connectivity index (χ0v) is 18.3. The Labute approximate surface area is 182 Å². The molecule has 1 aromatic heterocycles. The van der Waals surface area contributed by atoms with Gasteiger partial charge in [0.2, 0.25) is 5.89 Å². The number of aromatic nitrogens is 1. The van der Waals surface area contributed by atoms with E-state index in [4.69, 9.17) is 4.42 Å². The summed E-state index contributed by atoms with van der Waals surface area (Å²) < 4.78 is 18.7. The van der Waals surface area contributed by atoms with Crippen molar-refractivity contribution in [3.8, 4) is 0 Å². The lowest BCUT2D eigenvalue weighted by molar-refractivity contribution is 0.0491. The standard InChI is InChI=1S/C22H32FN5O3/c1-3-26(4-2)13-19(29)14-27-8-10-28(11-9-27)15-21-25-20(16-31-21)22(30)24-18-7-5-6-17(23)12-18/h5-7,12,16,19,29H,3-4,8-11,13-15H2,1-2H3,(H,24,30)/t19-/m0/s1. The summed E-state index contributed by atoms with van der Waals surface area (Å²) in [4.78, 5) is 23.3. The monoisotopic (exact) mass is 433 g/mol. The molecule has 3 rings (SSSR count). The average molecular weight is 434 g/mol. The number of β-amino-alcohol motifs (C(OH)–C–C–N with tert-alkyl or cyclic N) is 1. The van der Waals surface area contributed by atoms with Gasteiger partial charge in [-0.1, -0.05) is 19.9 Å². The van der Waals surface area contributed by atoms with Crippen molar-refractivity contribution in [2.24, 2.45) is 0 Å². The number of benzene rings is 1. The van der Waals surface area contributed by atoms with Gasteiger partial charge in [-0.25, -0.2) is 9.37 Å². The molecule has 0 unspecified atom stereocenters. The molecule has 31 heavy (non-hydrogen) atoms. The molecule has 1 fully saturated rings. The second-order valence-corrected chi connectivity index (χ2v) is 7.81. The Morgan fingerprint density at radius 2 is 1.97 bits per heavy atom. The van der Waals surface area contributed by atoms with Crippen LogP contribution in [0.15, 0.2) is 34.9 Å². The van der Waals surface area contributed by atoms with Crippen LogP contribution in [0.5, 0.6) is 0 Å². The molecule has 0 spiro atoms. The van der Waals surface area contributed by atoms with Crippen molar-refractivity contribution >= 4 is 11.6 Å². The first kappa shape index (κ1) is 23.3. The Balaban J connectivity index is 1.43. The van der Waals surface area contributed by atoms with Crippen molar-refractivity contribution in [2.75, 3.05) is 57.7 Å². The van der Waals surface area contributed by atoms with Crippen LogP contribution in [-0.2, 0) is 6.54 Å². The summed E-state index contributed by atoms with van der Waals surface area (Å²) in [6.07, 6.45) is 0.974. The average Bonchev–Trinajstić information content (AvgIpc) is 3.22. The number of hydrogen-bond acceptors (Lipinski definition) is 7. The predicted octanol–water partition coefficient (Wildman–Crippen LogP) is 1.89. The van der Waals surface area contributed by atoms with Crippen LogP contribution < -0.4 is 5.32 Å². The molecule has 2 heterocycles. The SMILES string of the molecule is CCN(CC)C[C@H](O)CN1CCN(Cc2nc(C(=O)Nc3cccc(F)c3)co2)CC1. The van der Waals surface area contributed by atoms with Gasteiger partial charge in [-0.3, -0.25) is 14.6 Å². The fourth-order valence-electron chi connectivity index (χ4n) is 3.71. The van der Waals surface area contributed by atoms with Gasteiger partial charge in [-0.2, -0.15) is 0 Å². The number of anilines is 1. The first-order valence-electron chi connectivity index (χ1n) is 10.8. The fraction of sp³-hybridized carbons (Fsp3) is 0.545. The highest BCUT2D eigenvalue weighted by Gasteiger charge is 2.22. The number of oxazole rings is 1. The topological polar surface area (TPSA) is 85.1 Å². The Bertz CT molecular complexity index is 834. The van der Waals surface area contributed by atoms with Crippen LogP contribution in [-0.4, -0.2) is 89.2 Å². The number of carbonyl (C=O) groups excluding carboxylic acids is 1. The fourth-order valence-corrected chi connectivity index (χ4v) is 3.71. The molecule has 1 saturated heterocycles. The van der Waals surface area contributed by atoms with Crippen LogP contribution in [0, 0.1) is 5.82 Å². The van der Waals surface area contributed by atoms with Crippen LogP contribution in [0.3, 0.4) is 0 Å². The summed E-state index contributed by atoms with van der Waals surface area (Å²) in [5.41, 5.74) is 0.534. The van der Waals surface area contributed by atoms with Crippen LogP contribution in [0.2, 0.25) is 0 Å². The van der Waals surface area contributed by atoms with Gasteiger partial charge < -0.3 is 19.7 Å². The van der Waals surface area contributed by atoms with Crippen molar-refractivity contribution in [3.05, 3.63) is 47.9 Å². The highest BCUT2D eigenvalue weighted by atomic mass is 19.1. The van der Waals surface area contributed by atoms with Crippen LogP contribution in [0.4, 0.5) is 10.1 Å². The van der Waals surface area contributed by atoms with Gasteiger partial charge in [0.05, 0.1) is 12.6 Å². The molecule has 1 aromatic carbocycles. The molecule has 1 aliphatic rings. The number of rotatable bonds is 10. The number of nitrogens with zero attached hydrogens (tertiary/aromatic N) is 4. The highest BCUT2D eigenvalue weighted by molar-refractivity contribution is 6.02. The second kappa shape index (κ2) is 11.3. The molecular weight excluding hydrogens is 401 g/mol. The quantitative estimate of drug-likeness (QED) is 0.592. The minimum atomic E-state index is -0.437. The minimum Gasteiger partial charge on any atom is -0.447 e. The zero-order chi connectivity index (χ0) is 22.2. The molecule has 0 aliphatic carbocycles. The van der Waals surface area contributed by atoms with Gasteiger partial charge >= 0.3 is 0 Å². The Morgan fingerprint density at radius 1 is 1.26 bits per heavy atom. The third-order valence-electron chi connectivity index (χ3n) is 5.52. The first-order chi connectivity index (χ1) is 15.0. The summed E-state index contributed by atoms with van der Waals surface area (Å²) in [5, 5.41) is 12.9. The van der Waals surface area contributed by atoms with Gasteiger partial charge in [-0.15, -0.1) is 0 Å². The molecule has 1 atom stereocenters. The maximum atomic E-state index is 13.3. The first-order valence-corrected chi connectivity index (χ1v) is 10.8. The number of halogens is 1. The number of aliphatic hydroxyl groups is 1. The lowest BCUT2D eigenvalue weighted by atomic mass is 10.2. The summed E-state index contributed by atoms with van der Waals surface area (Å²) in [5.74, 6) is -0.384. The molecule has 2 N–H and O–H groups in total. The lowest BCUT2D eigenvalue weighted by Crippen LogP contribution is -2.49. The van der Waals surface area contributed by atoms with E-state index in [2.05, 4.69) is 38.8 Å². The Hall–Kier alpha value is -2.33. The normalized spacial score (nSPS) is 16.5. The van der Waals surface area contributed by atoms with E-state index >= 15 is 0 Å². The molecule has 1 aliphatic heterocycles. The smallest absolute Gasteiger partial charge is 0.277 e. The van der Waals surface area contributed by atoms with Crippen molar-refractivity contribution in [1.29, 1.82) is 0 Å². The number of nitrogens with one attached hydrogen (secondary N) is 1. The van der Waals surface area contributed by atoms with E-state index in [1.54, 1.807) is 6.07 Å². The van der Waals surface area contributed by atoms with Crippen LogP contribution in [0.1, 0.15) is 30.2 Å². The Kier molecular flexibility index (Phi) is 8.53. The van der Waals surface area contributed by atoms with Crippen molar-refractivity contribution in [3.63, 3.8) is 0 Å². The summed E-state index contributed by atoms with van der Waals surface area (Å²) in [7, 11) is 0. The number of hydrogen-bond donors (Lipinski definition) is 2. The second-order valence-electron chi connectivity index (χ2n) is 7.81. The number of aliphatic hydroxyl groups excluding tert-OH is 1. The van der Waals surface area contributed by atoms with E-state index in [-0.39, 0.29) is 11.8 Å². The maximum Gasteiger partial charge on any atom is 0.277 e. The number of likely N-dealkylation sites (N-methyl/N-ethyl adjacent to an activating group) is 1. The number of amides is 1. The molecule has 0 saturated carbocycles. The molecular formula is C22H32FN5O3. The summed E-state index contributed by atoms with van der Waals surface area (Å²) >= 11 is 0. The Morgan fingerprint density at radius 3 is 2.65 bits per heavy atom. The van der Waals surface area contributed by atoms with Gasteiger partial charge in [-0.05, 0) is 31.3 Å².